The molecule has 0 heterocycles. The predicted molar refractivity (Wildman–Crippen MR) is 76.3 cm³/mol. The average molecular weight is 305 g/mol. The van der Waals surface area contributed by atoms with Gasteiger partial charge in [0.15, 0.2) is 11.6 Å². The Labute approximate surface area is 128 Å². The molecule has 0 bridgehead atoms. The van der Waals surface area contributed by atoms with Gasteiger partial charge >= 0.3 is 5.97 Å². The molecule has 1 saturated carbocycles. The van der Waals surface area contributed by atoms with Crippen molar-refractivity contribution in [2.75, 3.05) is 0 Å². The zero-order valence-electron chi connectivity index (χ0n) is 12.7. The number of allylic oxidation sites excluding steroid dienone is 2. The van der Waals surface area contributed by atoms with E-state index >= 15 is 0 Å². The van der Waals surface area contributed by atoms with Crippen LogP contribution in [0.3, 0.4) is 0 Å². The number of halogens is 2. The largest absolute Gasteiger partial charge is 0.460 e. The van der Waals surface area contributed by atoms with Crippen LogP contribution in [-0.4, -0.2) is 5.97 Å². The molecule has 1 fully saturated rings. The molecule has 0 spiro atoms. The molecule has 0 radical (unpaired) electrons. The van der Waals surface area contributed by atoms with Gasteiger partial charge in [-0.1, -0.05) is 32.1 Å². The van der Waals surface area contributed by atoms with Crippen molar-refractivity contribution in [2.24, 2.45) is 17.3 Å². The molecule has 2 atom stereocenters. The van der Waals surface area contributed by atoms with Gasteiger partial charge in [-0.05, 0) is 24.3 Å². The van der Waals surface area contributed by atoms with Crippen LogP contribution in [0.25, 0.3) is 0 Å². The maximum absolute atomic E-state index is 13.5. The molecule has 2 unspecified atom stereocenters. The van der Waals surface area contributed by atoms with Crippen molar-refractivity contribution in [2.45, 2.75) is 27.4 Å². The first-order valence-corrected chi connectivity index (χ1v) is 6.97. The van der Waals surface area contributed by atoms with Crippen molar-refractivity contribution < 1.29 is 18.3 Å². The van der Waals surface area contributed by atoms with Crippen molar-refractivity contribution >= 4 is 5.97 Å². The summed E-state index contributed by atoms with van der Waals surface area (Å²) >= 11 is 0. The van der Waals surface area contributed by atoms with Gasteiger partial charge in [0.1, 0.15) is 6.61 Å². The zero-order chi connectivity index (χ0) is 16.5. The molecule has 0 aliphatic heterocycles. The highest BCUT2D eigenvalue weighted by Gasteiger charge is 2.61. The van der Waals surface area contributed by atoms with E-state index in [1.165, 1.54) is 12.1 Å². The first-order valence-electron chi connectivity index (χ1n) is 6.97. The lowest BCUT2D eigenvalue weighted by Crippen LogP contribution is -2.11. The monoisotopic (exact) mass is 305 g/mol. The Morgan fingerprint density at radius 3 is 2.77 bits per heavy atom. The van der Waals surface area contributed by atoms with Crippen LogP contribution >= 0.6 is 0 Å². The topological polar surface area (TPSA) is 50.1 Å². The van der Waals surface area contributed by atoms with Gasteiger partial charge in [0, 0.05) is 11.1 Å². The lowest BCUT2D eigenvalue weighted by Gasteiger charge is -2.07. The number of rotatable bonds is 4. The molecular formula is C17H17F2NO2. The molecule has 1 aromatic carbocycles. The van der Waals surface area contributed by atoms with Gasteiger partial charge in [0.25, 0.3) is 0 Å². The number of ether oxygens (including phenoxy) is 1. The Hall–Kier alpha value is -2.22. The number of nitrogens with zero attached hydrogens (tertiary/aromatic N) is 1. The molecule has 0 aromatic heterocycles. The fourth-order valence-electron chi connectivity index (χ4n) is 2.64. The van der Waals surface area contributed by atoms with E-state index in [9.17, 15) is 13.6 Å². The van der Waals surface area contributed by atoms with E-state index in [0.717, 1.165) is 6.07 Å². The van der Waals surface area contributed by atoms with Gasteiger partial charge in [-0.3, -0.25) is 4.79 Å². The number of benzene rings is 1. The van der Waals surface area contributed by atoms with E-state index in [1.807, 2.05) is 19.9 Å². The maximum atomic E-state index is 13.5. The van der Waals surface area contributed by atoms with Crippen LogP contribution in [0.1, 0.15) is 26.3 Å². The minimum absolute atomic E-state index is 0.00658. The number of nitriles is 1. The summed E-state index contributed by atoms with van der Waals surface area (Å²) in [7, 11) is 0. The third-order valence-corrected chi connectivity index (χ3v) is 4.17. The third kappa shape index (κ3) is 3.01. The van der Waals surface area contributed by atoms with Crippen LogP contribution in [-0.2, 0) is 16.1 Å². The van der Waals surface area contributed by atoms with Gasteiger partial charge in [0.05, 0.1) is 12.0 Å². The van der Waals surface area contributed by atoms with Crippen LogP contribution in [0.15, 0.2) is 29.8 Å². The number of esters is 1. The number of carbonyl (C=O) groups excluding carboxylic acids is 1. The zero-order valence-corrected chi connectivity index (χ0v) is 12.7. The highest BCUT2D eigenvalue weighted by Crippen LogP contribution is 2.59. The Bertz CT molecular complexity index is 674. The molecular weight excluding hydrogens is 288 g/mol. The minimum Gasteiger partial charge on any atom is -0.460 e. The number of hydrogen-bond acceptors (Lipinski definition) is 3. The highest BCUT2D eigenvalue weighted by molar-refractivity contribution is 5.78. The van der Waals surface area contributed by atoms with Gasteiger partial charge in [0.2, 0.25) is 0 Å². The van der Waals surface area contributed by atoms with Gasteiger partial charge in [-0.25, -0.2) is 8.78 Å². The summed E-state index contributed by atoms with van der Waals surface area (Å²) in [6.07, 6.45) is 1.76. The number of hydrogen-bond donors (Lipinski definition) is 0. The van der Waals surface area contributed by atoms with Crippen LogP contribution in [0.5, 0.6) is 0 Å². The normalized spacial score (nSPS) is 22.8. The second-order valence-electron chi connectivity index (χ2n) is 6.11. The van der Waals surface area contributed by atoms with E-state index in [1.54, 1.807) is 13.0 Å². The van der Waals surface area contributed by atoms with Crippen LogP contribution < -0.4 is 0 Å². The first-order chi connectivity index (χ1) is 10.3. The fraction of sp³-hybridized carbons (Fsp3) is 0.412. The maximum Gasteiger partial charge on any atom is 0.310 e. The van der Waals surface area contributed by atoms with E-state index in [2.05, 4.69) is 0 Å². The highest BCUT2D eigenvalue weighted by atomic mass is 19.2. The quantitative estimate of drug-likeness (QED) is 0.629. The van der Waals surface area contributed by atoms with E-state index < -0.39 is 17.6 Å². The molecule has 2 rings (SSSR count). The summed E-state index contributed by atoms with van der Waals surface area (Å²) in [5, 5.41) is 8.80. The lowest BCUT2D eigenvalue weighted by molar-refractivity contribution is -0.147. The Morgan fingerprint density at radius 2 is 2.14 bits per heavy atom. The van der Waals surface area contributed by atoms with Crippen molar-refractivity contribution in [3.63, 3.8) is 0 Å². The van der Waals surface area contributed by atoms with Crippen molar-refractivity contribution in [1.29, 1.82) is 5.26 Å². The molecule has 5 heteroatoms. The lowest BCUT2D eigenvalue weighted by atomic mass is 10.1. The summed E-state index contributed by atoms with van der Waals surface area (Å²) in [6.45, 7) is 5.20. The van der Waals surface area contributed by atoms with Crippen molar-refractivity contribution in [3.8, 4) is 6.07 Å². The molecule has 0 amide bonds. The standard InChI is InChI=1S/C17H17F2NO2/c1-10(8-20)7-12-14(17(12,2)3)16(21)22-9-11-5-4-6-13(18)15(11)19/h4-7,12,14H,9H2,1-3H3. The molecule has 22 heavy (non-hydrogen) atoms. The second-order valence-corrected chi connectivity index (χ2v) is 6.11. The Kier molecular flexibility index (Phi) is 4.32. The van der Waals surface area contributed by atoms with Crippen molar-refractivity contribution in [3.05, 3.63) is 47.0 Å². The molecule has 116 valence electrons. The molecule has 0 saturated heterocycles. The SMILES string of the molecule is CC(C#N)=CC1C(C(=O)OCc2cccc(F)c2F)C1(C)C. The average Bonchev–Trinajstić information content (AvgIpc) is 3.01. The molecule has 1 aliphatic carbocycles. The second kappa shape index (κ2) is 5.88. The van der Waals surface area contributed by atoms with Crippen LogP contribution in [0, 0.1) is 40.2 Å². The molecule has 1 aliphatic rings. The van der Waals surface area contributed by atoms with Gasteiger partial charge in [-0.2, -0.15) is 5.26 Å². The van der Waals surface area contributed by atoms with Crippen LogP contribution in [0.2, 0.25) is 0 Å². The minimum atomic E-state index is -0.998. The Balaban J connectivity index is 2.02. The molecule has 3 nitrogen and oxygen atoms in total. The Morgan fingerprint density at radius 1 is 1.45 bits per heavy atom. The van der Waals surface area contributed by atoms with Crippen LogP contribution in [0.4, 0.5) is 8.78 Å². The summed E-state index contributed by atoms with van der Waals surface area (Å²) in [4.78, 5) is 12.1. The van der Waals surface area contributed by atoms with Gasteiger partial charge < -0.3 is 4.74 Å². The predicted octanol–water partition coefficient (Wildman–Crippen LogP) is 3.75. The molecule has 0 N–H and O–H groups in total. The van der Waals surface area contributed by atoms with E-state index in [-0.39, 0.29) is 29.4 Å². The summed E-state index contributed by atoms with van der Waals surface area (Å²) in [5.74, 6) is -2.86. The van der Waals surface area contributed by atoms with Gasteiger partial charge in [-0.15, -0.1) is 0 Å². The smallest absolute Gasteiger partial charge is 0.310 e. The number of carbonyl (C=O) groups is 1. The summed E-state index contributed by atoms with van der Waals surface area (Å²) < 4.78 is 31.7. The first kappa shape index (κ1) is 16.2. The third-order valence-electron chi connectivity index (χ3n) is 4.17. The van der Waals surface area contributed by atoms with Crippen molar-refractivity contribution in [1.82, 2.24) is 0 Å². The van der Waals surface area contributed by atoms with E-state index in [0.29, 0.717) is 5.57 Å². The summed E-state index contributed by atoms with van der Waals surface area (Å²) in [6, 6.07) is 5.77. The fourth-order valence-corrected chi connectivity index (χ4v) is 2.64. The summed E-state index contributed by atoms with van der Waals surface area (Å²) in [5.41, 5.74) is 0.257. The van der Waals surface area contributed by atoms with E-state index in [4.69, 9.17) is 10.00 Å². The molecule has 1 aromatic rings.